The maximum atomic E-state index is 15.3. The third-order valence-electron chi connectivity index (χ3n) is 5.63. The van der Waals surface area contributed by atoms with Crippen LogP contribution in [-0.4, -0.2) is 73.4 Å². The third kappa shape index (κ3) is 3.56. The number of aromatic carboxylic acids is 1. The number of ether oxygens (including phenoxy) is 2. The quantitative estimate of drug-likeness (QED) is 0.643. The average Bonchev–Trinajstić information content (AvgIpc) is 2.79. The van der Waals surface area contributed by atoms with Crippen molar-refractivity contribution < 1.29 is 28.2 Å². The van der Waals surface area contributed by atoms with Crippen molar-refractivity contribution in [2.75, 3.05) is 52.3 Å². The zero-order valence-corrected chi connectivity index (χ0v) is 17.9. The van der Waals surface area contributed by atoms with Gasteiger partial charge in [0.2, 0.25) is 0 Å². The Hall–Kier alpha value is -3.53. The second kappa shape index (κ2) is 8.54. The van der Waals surface area contributed by atoms with E-state index < -0.39 is 23.2 Å². The Morgan fingerprint density at radius 1 is 0.969 bits per heavy atom. The molecule has 8 nitrogen and oxygen atoms in total. The van der Waals surface area contributed by atoms with Crippen LogP contribution in [0.1, 0.15) is 10.4 Å². The number of carbonyl (C=O) groups is 1. The minimum Gasteiger partial charge on any atom is -0.494 e. The number of aromatic nitrogens is 2. The van der Waals surface area contributed by atoms with E-state index in [0.717, 1.165) is 6.07 Å². The van der Waals surface area contributed by atoms with Gasteiger partial charge in [-0.3, -0.25) is 9.97 Å². The van der Waals surface area contributed by atoms with Gasteiger partial charge in [-0.1, -0.05) is 0 Å². The highest BCUT2D eigenvalue weighted by Gasteiger charge is 2.29. The molecule has 0 bridgehead atoms. The number of fused-ring (bicyclic) bond motifs is 1. The zero-order valence-electron chi connectivity index (χ0n) is 17.9. The Labute approximate surface area is 183 Å². The van der Waals surface area contributed by atoms with E-state index in [0.29, 0.717) is 31.9 Å². The number of methoxy groups -OCH3 is 2. The predicted molar refractivity (Wildman–Crippen MR) is 115 cm³/mol. The summed E-state index contributed by atoms with van der Waals surface area (Å²) in [5.41, 5.74) is 0.0346. The predicted octanol–water partition coefficient (Wildman–Crippen LogP) is 3.04. The number of carboxylic acids is 1. The minimum atomic E-state index is -1.19. The van der Waals surface area contributed by atoms with Crippen molar-refractivity contribution in [3.05, 3.63) is 41.7 Å². The van der Waals surface area contributed by atoms with E-state index in [1.807, 2.05) is 11.9 Å². The molecule has 0 unspecified atom stereocenters. The number of rotatable bonds is 5. The number of nitrogens with zero attached hydrogens (tertiary/aromatic N) is 4. The van der Waals surface area contributed by atoms with Crippen molar-refractivity contribution in [2.24, 2.45) is 0 Å². The summed E-state index contributed by atoms with van der Waals surface area (Å²) in [7, 11) is 4.50. The number of likely N-dealkylation sites (N-methyl/N-ethyl adjacent to an activating group) is 1. The lowest BCUT2D eigenvalue weighted by Crippen LogP contribution is -2.45. The molecule has 1 saturated heterocycles. The number of hydrogen-bond acceptors (Lipinski definition) is 7. The molecule has 4 rings (SSSR count). The first-order valence-electron chi connectivity index (χ1n) is 9.92. The molecule has 1 aromatic heterocycles. The van der Waals surface area contributed by atoms with Gasteiger partial charge >= 0.3 is 5.97 Å². The molecule has 1 fully saturated rings. The van der Waals surface area contributed by atoms with Crippen LogP contribution in [0.15, 0.2) is 24.5 Å². The number of carboxylic acid groups (broad SMARTS) is 1. The molecule has 2 heterocycles. The lowest BCUT2D eigenvalue weighted by atomic mass is 9.96. The van der Waals surface area contributed by atoms with Crippen LogP contribution < -0.4 is 14.4 Å². The maximum Gasteiger partial charge on any atom is 0.340 e. The maximum absolute atomic E-state index is 15.3. The van der Waals surface area contributed by atoms with Gasteiger partial charge in [0.25, 0.3) is 0 Å². The standard InChI is InChI=1S/C22H22F2N4O4/c1-27-6-8-28(9-7-27)13-10-12(20-21(17(13)22(29)30)26-5-4-25-20)16-18(23)14(31-2)11-15(32-3)19(16)24/h4-5,10-11H,6-9H2,1-3H3,(H,29,30). The molecule has 0 saturated carbocycles. The van der Waals surface area contributed by atoms with Crippen molar-refractivity contribution in [3.8, 4) is 22.6 Å². The fourth-order valence-electron chi connectivity index (χ4n) is 3.94. The normalized spacial score (nSPS) is 14.6. The number of benzene rings is 2. The summed E-state index contributed by atoms with van der Waals surface area (Å²) in [6, 6.07) is 2.58. The Morgan fingerprint density at radius 2 is 1.53 bits per heavy atom. The Bertz CT molecular complexity index is 1170. The number of hydrogen-bond donors (Lipinski definition) is 1. The van der Waals surface area contributed by atoms with E-state index in [2.05, 4.69) is 14.9 Å². The summed E-state index contributed by atoms with van der Waals surface area (Å²) in [6.45, 7) is 2.52. The van der Waals surface area contributed by atoms with Crippen LogP contribution >= 0.6 is 0 Å². The van der Waals surface area contributed by atoms with E-state index in [9.17, 15) is 9.90 Å². The number of anilines is 1. The van der Waals surface area contributed by atoms with Crippen LogP contribution in [0.5, 0.6) is 11.5 Å². The minimum absolute atomic E-state index is 0.0482. The molecular weight excluding hydrogens is 422 g/mol. The van der Waals surface area contributed by atoms with Crippen LogP contribution in [0.3, 0.4) is 0 Å². The molecule has 168 valence electrons. The lowest BCUT2D eigenvalue weighted by molar-refractivity contribution is 0.0699. The highest BCUT2D eigenvalue weighted by molar-refractivity contribution is 6.10. The van der Waals surface area contributed by atoms with Crippen LogP contribution in [0.25, 0.3) is 22.2 Å². The molecule has 10 heteroatoms. The van der Waals surface area contributed by atoms with E-state index in [-0.39, 0.29) is 33.7 Å². The molecule has 3 aromatic rings. The summed E-state index contributed by atoms with van der Waals surface area (Å²) in [5.74, 6) is -3.49. The Kier molecular flexibility index (Phi) is 5.79. The average molecular weight is 444 g/mol. The van der Waals surface area contributed by atoms with Crippen molar-refractivity contribution >= 4 is 22.7 Å². The topological polar surface area (TPSA) is 88.0 Å². The van der Waals surface area contributed by atoms with Gasteiger partial charge in [0.1, 0.15) is 11.1 Å². The molecule has 1 aliphatic heterocycles. The van der Waals surface area contributed by atoms with Gasteiger partial charge in [-0.2, -0.15) is 0 Å². The fraction of sp³-hybridized carbons (Fsp3) is 0.318. The first-order valence-corrected chi connectivity index (χ1v) is 9.92. The summed E-state index contributed by atoms with van der Waals surface area (Å²) in [6.07, 6.45) is 2.70. The van der Waals surface area contributed by atoms with Gasteiger partial charge < -0.3 is 24.4 Å². The van der Waals surface area contributed by atoms with Crippen LogP contribution in [0, 0.1) is 11.6 Å². The first kappa shape index (κ1) is 21.7. The molecule has 1 N–H and O–H groups in total. The number of piperazine rings is 1. The van der Waals surface area contributed by atoms with Gasteiger partial charge in [-0.15, -0.1) is 0 Å². The number of halogens is 2. The second-order valence-electron chi connectivity index (χ2n) is 7.45. The van der Waals surface area contributed by atoms with E-state index in [1.165, 1.54) is 32.7 Å². The van der Waals surface area contributed by atoms with Gasteiger partial charge in [-0.05, 0) is 13.1 Å². The molecule has 0 atom stereocenters. The Morgan fingerprint density at radius 3 is 2.06 bits per heavy atom. The molecule has 1 aliphatic rings. The molecule has 0 amide bonds. The second-order valence-corrected chi connectivity index (χ2v) is 7.45. The molecule has 0 spiro atoms. The molecular formula is C22H22F2N4O4. The van der Waals surface area contributed by atoms with Gasteiger partial charge in [0.15, 0.2) is 23.1 Å². The summed E-state index contributed by atoms with van der Waals surface area (Å²) < 4.78 is 40.8. The summed E-state index contributed by atoms with van der Waals surface area (Å²) in [4.78, 5) is 24.7. The van der Waals surface area contributed by atoms with Crippen molar-refractivity contribution in [1.29, 1.82) is 0 Å². The van der Waals surface area contributed by atoms with Crippen molar-refractivity contribution in [2.45, 2.75) is 0 Å². The van der Waals surface area contributed by atoms with Crippen LogP contribution in [0.4, 0.5) is 14.5 Å². The van der Waals surface area contributed by atoms with Gasteiger partial charge in [-0.25, -0.2) is 13.6 Å². The fourth-order valence-corrected chi connectivity index (χ4v) is 3.94. The zero-order chi connectivity index (χ0) is 23.0. The van der Waals surface area contributed by atoms with Crippen molar-refractivity contribution in [1.82, 2.24) is 14.9 Å². The van der Waals surface area contributed by atoms with Crippen LogP contribution in [0.2, 0.25) is 0 Å². The monoisotopic (exact) mass is 444 g/mol. The molecule has 2 aromatic carbocycles. The first-order chi connectivity index (χ1) is 15.4. The van der Waals surface area contributed by atoms with Gasteiger partial charge in [0.05, 0.1) is 31.0 Å². The lowest BCUT2D eigenvalue weighted by Gasteiger charge is -2.35. The highest BCUT2D eigenvalue weighted by Crippen LogP contribution is 2.42. The molecule has 0 radical (unpaired) electrons. The Balaban J connectivity index is 2.08. The largest absolute Gasteiger partial charge is 0.494 e. The van der Waals surface area contributed by atoms with Crippen molar-refractivity contribution in [3.63, 3.8) is 0 Å². The van der Waals surface area contributed by atoms with E-state index >= 15 is 8.78 Å². The van der Waals surface area contributed by atoms with Gasteiger partial charge in [0, 0.05) is 50.2 Å². The summed E-state index contributed by atoms with van der Waals surface area (Å²) >= 11 is 0. The molecule has 32 heavy (non-hydrogen) atoms. The third-order valence-corrected chi connectivity index (χ3v) is 5.63. The highest BCUT2D eigenvalue weighted by atomic mass is 19.1. The van der Waals surface area contributed by atoms with Crippen LogP contribution in [-0.2, 0) is 0 Å². The SMILES string of the molecule is COc1cc(OC)c(F)c(-c2cc(N3CCN(C)CC3)c(C(=O)O)c3nccnc23)c1F. The summed E-state index contributed by atoms with van der Waals surface area (Å²) in [5, 5.41) is 9.99. The van der Waals surface area contributed by atoms with E-state index in [1.54, 1.807) is 0 Å². The van der Waals surface area contributed by atoms with E-state index in [4.69, 9.17) is 9.47 Å². The molecule has 0 aliphatic carbocycles. The smallest absolute Gasteiger partial charge is 0.340 e.